The second kappa shape index (κ2) is 7.54. The molecule has 1 amide bonds. The van der Waals surface area contributed by atoms with Crippen LogP contribution in [0.2, 0.25) is 0 Å². The normalized spacial score (nSPS) is 10.8. The summed E-state index contributed by atoms with van der Waals surface area (Å²) in [6, 6.07) is 8.05. The van der Waals surface area contributed by atoms with Gasteiger partial charge in [-0.25, -0.2) is 4.39 Å². The quantitative estimate of drug-likeness (QED) is 0.842. The highest BCUT2D eigenvalue weighted by atomic mass is 19.1. The number of carbonyl (C=O) groups is 1. The number of amides is 1. The van der Waals surface area contributed by atoms with Gasteiger partial charge in [0.25, 0.3) is 0 Å². The fourth-order valence-electron chi connectivity index (χ4n) is 1.95. The fraction of sp³-hybridized carbons (Fsp3) is 0.333. The van der Waals surface area contributed by atoms with Gasteiger partial charge in [0.1, 0.15) is 12.1 Å². The molecular weight excluding hydrogens is 273 g/mol. The molecule has 1 aromatic carbocycles. The summed E-state index contributed by atoms with van der Waals surface area (Å²) in [5, 5.41) is 6.63. The van der Waals surface area contributed by atoms with E-state index in [1.807, 2.05) is 11.9 Å². The number of nitrogens with one attached hydrogen (secondary N) is 1. The number of carbonyl (C=O) groups excluding carboxylic acids is 1. The van der Waals surface area contributed by atoms with Gasteiger partial charge in [-0.1, -0.05) is 17.3 Å². The van der Waals surface area contributed by atoms with E-state index in [0.29, 0.717) is 19.5 Å². The number of hydrogen-bond donors (Lipinski definition) is 1. The van der Waals surface area contributed by atoms with Crippen molar-refractivity contribution in [2.24, 2.45) is 0 Å². The van der Waals surface area contributed by atoms with Gasteiger partial charge in [0.15, 0.2) is 0 Å². The summed E-state index contributed by atoms with van der Waals surface area (Å²) in [6.45, 7) is 1.38. The van der Waals surface area contributed by atoms with E-state index in [1.54, 1.807) is 18.2 Å². The number of hydrogen-bond acceptors (Lipinski definition) is 4. The Hall–Kier alpha value is -2.21. The van der Waals surface area contributed by atoms with Crippen LogP contribution in [-0.4, -0.2) is 36.1 Å². The lowest BCUT2D eigenvalue weighted by Gasteiger charge is -2.14. The van der Waals surface area contributed by atoms with E-state index in [0.717, 1.165) is 11.3 Å². The molecule has 5 nitrogen and oxygen atoms in total. The van der Waals surface area contributed by atoms with Gasteiger partial charge in [-0.15, -0.1) is 0 Å². The molecule has 0 bridgehead atoms. The standard InChI is InChI=1S/C15H18FN3O2/c1-19(10-14-7-9-21-18-14)11-15(20)17-8-6-12-2-4-13(16)5-3-12/h2-5,7,9H,6,8,10-11H2,1H3,(H,17,20). The van der Waals surface area contributed by atoms with Crippen molar-refractivity contribution in [2.45, 2.75) is 13.0 Å². The van der Waals surface area contributed by atoms with Crippen LogP contribution in [0.5, 0.6) is 0 Å². The van der Waals surface area contributed by atoms with Crippen LogP contribution in [0.1, 0.15) is 11.3 Å². The van der Waals surface area contributed by atoms with E-state index in [-0.39, 0.29) is 18.3 Å². The van der Waals surface area contributed by atoms with Crippen LogP contribution < -0.4 is 5.32 Å². The Morgan fingerprint density at radius 2 is 2.10 bits per heavy atom. The minimum absolute atomic E-state index is 0.0527. The maximum absolute atomic E-state index is 12.7. The molecule has 2 rings (SSSR count). The highest BCUT2D eigenvalue weighted by molar-refractivity contribution is 5.77. The van der Waals surface area contributed by atoms with Crippen molar-refractivity contribution >= 4 is 5.91 Å². The number of likely N-dealkylation sites (N-methyl/N-ethyl adjacent to an activating group) is 1. The van der Waals surface area contributed by atoms with E-state index in [1.165, 1.54) is 18.4 Å². The average molecular weight is 291 g/mol. The second-order valence-corrected chi connectivity index (χ2v) is 4.89. The third kappa shape index (κ3) is 5.35. The van der Waals surface area contributed by atoms with E-state index < -0.39 is 0 Å². The number of aromatic nitrogens is 1. The summed E-state index contributed by atoms with van der Waals surface area (Å²) < 4.78 is 17.5. The monoisotopic (exact) mass is 291 g/mol. The first-order chi connectivity index (χ1) is 10.1. The van der Waals surface area contributed by atoms with Crippen molar-refractivity contribution in [3.05, 3.63) is 53.7 Å². The maximum atomic E-state index is 12.7. The van der Waals surface area contributed by atoms with E-state index in [4.69, 9.17) is 4.52 Å². The second-order valence-electron chi connectivity index (χ2n) is 4.89. The van der Waals surface area contributed by atoms with Gasteiger partial charge in [-0.05, 0) is 31.2 Å². The van der Waals surface area contributed by atoms with Gasteiger partial charge < -0.3 is 9.84 Å². The fourth-order valence-corrected chi connectivity index (χ4v) is 1.95. The molecule has 1 N–H and O–H groups in total. The molecular formula is C15H18FN3O2. The van der Waals surface area contributed by atoms with Crippen molar-refractivity contribution in [3.8, 4) is 0 Å². The summed E-state index contributed by atoms with van der Waals surface area (Å²) in [5.74, 6) is -0.305. The van der Waals surface area contributed by atoms with Gasteiger partial charge in [-0.2, -0.15) is 0 Å². The van der Waals surface area contributed by atoms with Crippen molar-refractivity contribution in [1.82, 2.24) is 15.4 Å². The minimum atomic E-state index is -0.253. The molecule has 0 fully saturated rings. The Morgan fingerprint density at radius 1 is 1.33 bits per heavy atom. The van der Waals surface area contributed by atoms with E-state index >= 15 is 0 Å². The highest BCUT2D eigenvalue weighted by Gasteiger charge is 2.08. The van der Waals surface area contributed by atoms with Gasteiger partial charge >= 0.3 is 0 Å². The zero-order chi connectivity index (χ0) is 15.1. The predicted octanol–water partition coefficient (Wildman–Crippen LogP) is 1.60. The predicted molar refractivity (Wildman–Crippen MR) is 76.0 cm³/mol. The topological polar surface area (TPSA) is 58.4 Å². The molecule has 0 aliphatic heterocycles. The molecule has 0 radical (unpaired) electrons. The van der Waals surface area contributed by atoms with Crippen LogP contribution in [0.3, 0.4) is 0 Å². The summed E-state index contributed by atoms with van der Waals surface area (Å²) in [6.07, 6.45) is 2.19. The van der Waals surface area contributed by atoms with Gasteiger partial charge in [0.2, 0.25) is 5.91 Å². The SMILES string of the molecule is CN(CC(=O)NCCc1ccc(F)cc1)Cc1ccon1. The van der Waals surface area contributed by atoms with Crippen LogP contribution in [0, 0.1) is 5.82 Å². The average Bonchev–Trinajstić information content (AvgIpc) is 2.93. The first kappa shape index (κ1) is 15.2. The molecule has 2 aromatic rings. The Labute approximate surface area is 122 Å². The van der Waals surface area contributed by atoms with Gasteiger partial charge in [0, 0.05) is 19.2 Å². The van der Waals surface area contributed by atoms with Crippen LogP contribution in [-0.2, 0) is 17.8 Å². The van der Waals surface area contributed by atoms with E-state index in [2.05, 4.69) is 10.5 Å². The van der Waals surface area contributed by atoms with Crippen molar-refractivity contribution in [3.63, 3.8) is 0 Å². The van der Waals surface area contributed by atoms with E-state index in [9.17, 15) is 9.18 Å². The zero-order valence-corrected chi connectivity index (χ0v) is 11.9. The van der Waals surface area contributed by atoms with Crippen molar-refractivity contribution in [2.75, 3.05) is 20.1 Å². The molecule has 0 saturated heterocycles. The lowest BCUT2D eigenvalue weighted by molar-refractivity contribution is -0.122. The first-order valence-electron chi connectivity index (χ1n) is 6.72. The van der Waals surface area contributed by atoms with Crippen LogP contribution >= 0.6 is 0 Å². The molecule has 1 aromatic heterocycles. The van der Waals surface area contributed by atoms with Gasteiger partial charge in [0.05, 0.1) is 12.2 Å². The summed E-state index contributed by atoms with van der Waals surface area (Å²) in [7, 11) is 1.84. The molecule has 1 heterocycles. The summed E-state index contributed by atoms with van der Waals surface area (Å²) in [5.41, 5.74) is 1.78. The van der Waals surface area contributed by atoms with Crippen LogP contribution in [0.15, 0.2) is 41.1 Å². The molecule has 0 atom stereocenters. The van der Waals surface area contributed by atoms with Gasteiger partial charge in [-0.3, -0.25) is 9.69 Å². The highest BCUT2D eigenvalue weighted by Crippen LogP contribution is 2.03. The summed E-state index contributed by atoms with van der Waals surface area (Å²) >= 11 is 0. The maximum Gasteiger partial charge on any atom is 0.234 e. The number of nitrogens with zero attached hydrogens (tertiary/aromatic N) is 2. The Bertz CT molecular complexity index is 555. The third-order valence-corrected chi connectivity index (χ3v) is 2.99. The van der Waals surface area contributed by atoms with Crippen molar-refractivity contribution < 1.29 is 13.7 Å². The molecule has 0 aliphatic carbocycles. The number of rotatable bonds is 7. The Kier molecular flexibility index (Phi) is 5.45. The molecule has 0 spiro atoms. The number of benzene rings is 1. The lowest BCUT2D eigenvalue weighted by atomic mass is 10.1. The van der Waals surface area contributed by atoms with Crippen LogP contribution in [0.4, 0.5) is 4.39 Å². The largest absolute Gasteiger partial charge is 0.364 e. The molecule has 21 heavy (non-hydrogen) atoms. The summed E-state index contributed by atoms with van der Waals surface area (Å²) in [4.78, 5) is 13.6. The molecule has 0 saturated carbocycles. The minimum Gasteiger partial charge on any atom is -0.364 e. The Morgan fingerprint density at radius 3 is 2.76 bits per heavy atom. The number of halogens is 1. The zero-order valence-electron chi connectivity index (χ0n) is 11.9. The van der Waals surface area contributed by atoms with Crippen molar-refractivity contribution in [1.29, 1.82) is 0 Å². The van der Waals surface area contributed by atoms with Crippen LogP contribution in [0.25, 0.3) is 0 Å². The molecule has 112 valence electrons. The molecule has 0 unspecified atom stereocenters. The molecule has 6 heteroatoms. The first-order valence-corrected chi connectivity index (χ1v) is 6.72. The Balaban J connectivity index is 1.66. The molecule has 0 aliphatic rings. The lowest BCUT2D eigenvalue weighted by Crippen LogP contribution is -2.35. The smallest absolute Gasteiger partial charge is 0.234 e. The third-order valence-electron chi connectivity index (χ3n) is 2.99.